The molecule has 5 heteroatoms. The molecule has 0 unspecified atom stereocenters. The van der Waals surface area contributed by atoms with Gasteiger partial charge in [0, 0.05) is 0 Å². The molecule has 0 radical (unpaired) electrons. The Balaban J connectivity index is 2.06. The number of benzene rings is 2. The quantitative estimate of drug-likeness (QED) is 0.741. The summed E-state index contributed by atoms with van der Waals surface area (Å²) in [6.07, 6.45) is 0. The summed E-state index contributed by atoms with van der Waals surface area (Å²) in [6, 6.07) is 15.7. The van der Waals surface area contributed by atoms with Crippen molar-refractivity contribution in [2.45, 2.75) is 13.5 Å². The molecular weight excluding hydrogens is 269 g/mol. The van der Waals surface area contributed by atoms with Gasteiger partial charge in [-0.05, 0) is 24.6 Å². The molecule has 0 saturated heterocycles. The fourth-order valence-electron chi connectivity index (χ4n) is 2.29. The molecule has 3 rings (SSSR count). The van der Waals surface area contributed by atoms with Gasteiger partial charge in [0.25, 0.3) is 0 Å². The van der Waals surface area contributed by atoms with Crippen LogP contribution >= 0.6 is 0 Å². The first kappa shape index (κ1) is 13.3. The Morgan fingerprint density at radius 3 is 2.43 bits per heavy atom. The smallest absolute Gasteiger partial charge is 0.246 e. The third-order valence-corrected chi connectivity index (χ3v) is 3.27. The molecule has 3 aromatic rings. The minimum Gasteiger partial charge on any atom is -0.246 e. The first-order valence-electron chi connectivity index (χ1n) is 6.62. The van der Waals surface area contributed by atoms with E-state index in [0.717, 1.165) is 5.56 Å². The van der Waals surface area contributed by atoms with Crippen LogP contribution in [0.2, 0.25) is 0 Å². The minimum absolute atomic E-state index is 0.222. The van der Waals surface area contributed by atoms with Crippen LogP contribution in [0.25, 0.3) is 5.69 Å². The van der Waals surface area contributed by atoms with Gasteiger partial charge in [0.2, 0.25) is 0 Å². The summed E-state index contributed by atoms with van der Waals surface area (Å²) in [5, 5.41) is 4.22. The summed E-state index contributed by atoms with van der Waals surface area (Å²) >= 11 is 0. The zero-order chi connectivity index (χ0) is 14.8. The Bertz CT molecular complexity index is 821. The normalized spacial score (nSPS) is 10.8. The molecule has 0 fully saturated rings. The lowest BCUT2D eigenvalue weighted by Crippen LogP contribution is -2.25. The maximum atomic E-state index is 13.9. The first-order chi connectivity index (χ1) is 10.2. The molecule has 0 N–H and O–H groups in total. The van der Waals surface area contributed by atoms with E-state index < -0.39 is 5.82 Å². The van der Waals surface area contributed by atoms with Crippen LogP contribution < -0.4 is 5.69 Å². The molecule has 0 atom stereocenters. The molecule has 0 aliphatic rings. The number of para-hydroxylation sites is 1. The molecule has 0 amide bonds. The van der Waals surface area contributed by atoms with Crippen LogP contribution in [-0.4, -0.2) is 14.3 Å². The average Bonchev–Trinajstić information content (AvgIpc) is 2.76. The highest BCUT2D eigenvalue weighted by Gasteiger charge is 2.14. The lowest BCUT2D eigenvalue weighted by molar-refractivity contribution is 0.611. The Kier molecular flexibility index (Phi) is 3.39. The van der Waals surface area contributed by atoms with Crippen LogP contribution in [0.1, 0.15) is 11.4 Å². The lowest BCUT2D eigenvalue weighted by Gasteiger charge is -2.03. The van der Waals surface area contributed by atoms with Gasteiger partial charge < -0.3 is 0 Å². The molecule has 0 aliphatic heterocycles. The third-order valence-electron chi connectivity index (χ3n) is 3.27. The van der Waals surface area contributed by atoms with Crippen LogP contribution in [0.4, 0.5) is 4.39 Å². The molecule has 0 bridgehead atoms. The summed E-state index contributed by atoms with van der Waals surface area (Å²) in [7, 11) is 0. The van der Waals surface area contributed by atoms with E-state index in [-0.39, 0.29) is 11.4 Å². The van der Waals surface area contributed by atoms with Crippen molar-refractivity contribution in [3.05, 3.63) is 82.3 Å². The van der Waals surface area contributed by atoms with Crippen LogP contribution in [0.5, 0.6) is 0 Å². The van der Waals surface area contributed by atoms with E-state index in [0.29, 0.717) is 12.4 Å². The molecule has 4 nitrogen and oxygen atoms in total. The highest BCUT2D eigenvalue weighted by Crippen LogP contribution is 2.12. The topological polar surface area (TPSA) is 39.8 Å². The first-order valence-corrected chi connectivity index (χ1v) is 6.62. The van der Waals surface area contributed by atoms with E-state index in [4.69, 9.17) is 0 Å². The summed E-state index contributed by atoms with van der Waals surface area (Å²) in [5.41, 5.74) is 0.846. The SMILES string of the molecule is Cc1nn(Cc2ccccc2)c(=O)n1-c1ccccc1F. The van der Waals surface area contributed by atoms with E-state index in [1.54, 1.807) is 25.1 Å². The second kappa shape index (κ2) is 5.36. The Morgan fingerprint density at radius 1 is 1.05 bits per heavy atom. The van der Waals surface area contributed by atoms with Crippen molar-refractivity contribution in [1.29, 1.82) is 0 Å². The summed E-state index contributed by atoms with van der Waals surface area (Å²) in [6.45, 7) is 2.05. The van der Waals surface area contributed by atoms with Crippen LogP contribution in [0.15, 0.2) is 59.4 Å². The third kappa shape index (κ3) is 2.50. The van der Waals surface area contributed by atoms with Gasteiger partial charge in [-0.2, -0.15) is 5.10 Å². The predicted octanol–water partition coefficient (Wildman–Crippen LogP) is 2.53. The Morgan fingerprint density at radius 2 is 1.71 bits per heavy atom. The van der Waals surface area contributed by atoms with Crippen molar-refractivity contribution in [2.24, 2.45) is 0 Å². The van der Waals surface area contributed by atoms with Crippen molar-refractivity contribution in [1.82, 2.24) is 14.3 Å². The summed E-state index contributed by atoms with van der Waals surface area (Å²) < 4.78 is 16.5. The number of rotatable bonds is 3. The molecular formula is C16H14FN3O. The second-order valence-corrected chi connectivity index (χ2v) is 4.76. The molecule has 0 saturated carbocycles. The average molecular weight is 283 g/mol. The zero-order valence-corrected chi connectivity index (χ0v) is 11.5. The van der Waals surface area contributed by atoms with Gasteiger partial charge in [0.15, 0.2) is 0 Å². The largest absolute Gasteiger partial charge is 0.350 e. The number of hydrogen-bond donors (Lipinski definition) is 0. The van der Waals surface area contributed by atoms with E-state index in [1.165, 1.54) is 15.3 Å². The highest BCUT2D eigenvalue weighted by molar-refractivity contribution is 5.34. The van der Waals surface area contributed by atoms with Crippen LogP contribution in [-0.2, 0) is 6.54 Å². The summed E-state index contributed by atoms with van der Waals surface area (Å²) in [4.78, 5) is 12.4. The fourth-order valence-corrected chi connectivity index (χ4v) is 2.29. The second-order valence-electron chi connectivity index (χ2n) is 4.76. The van der Waals surface area contributed by atoms with Crippen LogP contribution in [0, 0.1) is 12.7 Å². The monoisotopic (exact) mass is 283 g/mol. The summed E-state index contributed by atoms with van der Waals surface area (Å²) in [5.74, 6) is 0.0167. The van der Waals surface area contributed by atoms with Crippen molar-refractivity contribution in [2.75, 3.05) is 0 Å². The van der Waals surface area contributed by atoms with Crippen molar-refractivity contribution >= 4 is 0 Å². The lowest BCUT2D eigenvalue weighted by atomic mass is 10.2. The number of hydrogen-bond acceptors (Lipinski definition) is 2. The zero-order valence-electron chi connectivity index (χ0n) is 11.5. The van der Waals surface area contributed by atoms with Crippen molar-refractivity contribution < 1.29 is 4.39 Å². The van der Waals surface area contributed by atoms with Gasteiger partial charge in [-0.15, -0.1) is 0 Å². The Labute approximate surface area is 121 Å². The van der Waals surface area contributed by atoms with E-state index in [2.05, 4.69) is 5.10 Å². The molecule has 0 aliphatic carbocycles. The van der Waals surface area contributed by atoms with Crippen molar-refractivity contribution in [3.8, 4) is 5.69 Å². The van der Waals surface area contributed by atoms with E-state index in [1.807, 2.05) is 30.3 Å². The fraction of sp³-hybridized carbons (Fsp3) is 0.125. The molecule has 106 valence electrons. The number of aryl methyl sites for hydroxylation is 1. The molecule has 1 heterocycles. The maximum Gasteiger partial charge on any atom is 0.350 e. The molecule has 2 aromatic carbocycles. The molecule has 0 spiro atoms. The predicted molar refractivity (Wildman–Crippen MR) is 78.1 cm³/mol. The van der Waals surface area contributed by atoms with Gasteiger partial charge in [0.1, 0.15) is 11.6 Å². The van der Waals surface area contributed by atoms with Crippen molar-refractivity contribution in [3.63, 3.8) is 0 Å². The van der Waals surface area contributed by atoms with Gasteiger partial charge in [-0.3, -0.25) is 0 Å². The van der Waals surface area contributed by atoms with E-state index >= 15 is 0 Å². The minimum atomic E-state index is -0.443. The van der Waals surface area contributed by atoms with Gasteiger partial charge in [0.05, 0.1) is 12.2 Å². The molecule has 1 aromatic heterocycles. The van der Waals surface area contributed by atoms with Gasteiger partial charge >= 0.3 is 5.69 Å². The number of aromatic nitrogens is 3. The highest BCUT2D eigenvalue weighted by atomic mass is 19.1. The Hall–Kier alpha value is -2.69. The molecule has 21 heavy (non-hydrogen) atoms. The van der Waals surface area contributed by atoms with Gasteiger partial charge in [-0.1, -0.05) is 42.5 Å². The van der Waals surface area contributed by atoms with E-state index in [9.17, 15) is 9.18 Å². The standard InChI is InChI=1S/C16H14FN3O/c1-12-18-19(11-13-7-3-2-4-8-13)16(21)20(12)15-10-6-5-9-14(15)17/h2-10H,11H2,1H3. The van der Waals surface area contributed by atoms with Crippen LogP contribution in [0.3, 0.4) is 0 Å². The number of nitrogens with zero attached hydrogens (tertiary/aromatic N) is 3. The maximum absolute atomic E-state index is 13.9. The van der Waals surface area contributed by atoms with Gasteiger partial charge in [-0.25, -0.2) is 18.4 Å². The number of halogens is 1.